The quantitative estimate of drug-likeness (QED) is 0.807. The van der Waals surface area contributed by atoms with Crippen LogP contribution in [-0.4, -0.2) is 20.7 Å². The Morgan fingerprint density at radius 3 is 2.64 bits per heavy atom. The topological polar surface area (TPSA) is 59.8 Å². The molecule has 0 saturated heterocycles. The maximum Gasteiger partial charge on any atom is 0.255 e. The van der Waals surface area contributed by atoms with Crippen LogP contribution < -0.4 is 5.32 Å². The highest BCUT2D eigenvalue weighted by atomic mass is 16.1. The van der Waals surface area contributed by atoms with E-state index in [1.165, 1.54) is 6.33 Å². The molecule has 1 N–H and O–H groups in total. The fourth-order valence-electron chi connectivity index (χ4n) is 2.30. The van der Waals surface area contributed by atoms with Crippen molar-refractivity contribution >= 4 is 11.6 Å². The molecule has 1 aromatic heterocycles. The van der Waals surface area contributed by atoms with Gasteiger partial charge in [-0.25, -0.2) is 9.67 Å². The zero-order valence-electron chi connectivity index (χ0n) is 12.4. The monoisotopic (exact) mass is 291 g/mol. The van der Waals surface area contributed by atoms with Gasteiger partial charge in [0.25, 0.3) is 5.91 Å². The van der Waals surface area contributed by atoms with Gasteiger partial charge in [-0.15, -0.1) is 0 Å². The molecule has 0 aliphatic rings. The van der Waals surface area contributed by atoms with Crippen molar-refractivity contribution in [2.24, 2.45) is 0 Å². The summed E-state index contributed by atoms with van der Waals surface area (Å²) in [6.45, 7) is 3.95. The third kappa shape index (κ3) is 3.03. The summed E-state index contributed by atoms with van der Waals surface area (Å²) < 4.78 is 1.59. The van der Waals surface area contributed by atoms with Crippen LogP contribution in [0.3, 0.4) is 0 Å². The van der Waals surface area contributed by atoms with Crippen LogP contribution in [0.2, 0.25) is 0 Å². The van der Waals surface area contributed by atoms with E-state index in [4.69, 9.17) is 0 Å². The van der Waals surface area contributed by atoms with E-state index in [-0.39, 0.29) is 5.91 Å². The van der Waals surface area contributed by atoms with Gasteiger partial charge in [0.15, 0.2) is 0 Å². The van der Waals surface area contributed by atoms with Crippen molar-refractivity contribution in [1.29, 1.82) is 0 Å². The van der Waals surface area contributed by atoms with E-state index in [9.17, 15) is 4.79 Å². The second kappa shape index (κ2) is 5.81. The number of aryl methyl sites for hydroxylation is 2. The molecule has 5 nitrogen and oxygen atoms in total. The first kappa shape index (κ1) is 14.0. The van der Waals surface area contributed by atoms with Gasteiger partial charge in [-0.1, -0.05) is 23.3 Å². The highest BCUT2D eigenvalue weighted by Gasteiger charge is 2.08. The second-order valence-electron chi connectivity index (χ2n) is 5.12. The Bertz CT molecular complexity index is 789. The molecule has 109 valence electrons. The Hall–Kier alpha value is -2.95. The van der Waals surface area contributed by atoms with Crippen LogP contribution >= 0.6 is 0 Å². The number of nitrogens with zero attached hydrogens (tertiary/aromatic N) is 3. The number of amides is 1. The largest absolute Gasteiger partial charge is 0.321 e. The van der Waals surface area contributed by atoms with Crippen molar-refractivity contribution < 1.29 is 4.79 Å². The van der Waals surface area contributed by atoms with Crippen LogP contribution in [0, 0.1) is 19.9 Å². The summed E-state index contributed by atoms with van der Waals surface area (Å²) in [6.07, 6.45) is 3.04. The molecular formula is C17H15N4O. The first-order chi connectivity index (χ1) is 10.6. The number of carbonyl (C=O) groups excluding carboxylic acids is 1. The Morgan fingerprint density at radius 2 is 1.95 bits per heavy atom. The lowest BCUT2D eigenvalue weighted by Crippen LogP contribution is -2.12. The third-order valence-electron chi connectivity index (χ3n) is 3.18. The van der Waals surface area contributed by atoms with Gasteiger partial charge in [0.05, 0.1) is 11.4 Å². The molecule has 2 aromatic carbocycles. The number of carbonyl (C=O) groups is 1. The first-order valence-electron chi connectivity index (χ1n) is 6.89. The SMILES string of the molecule is Cc1cc(C)cc(C(=O)Nc2[c]c(-n3cncn3)ccc2)c1. The number of aromatic nitrogens is 3. The number of nitrogens with one attached hydrogen (secondary N) is 1. The van der Waals surface area contributed by atoms with E-state index in [1.807, 2.05) is 44.2 Å². The van der Waals surface area contributed by atoms with Crippen LogP contribution in [0.5, 0.6) is 0 Å². The lowest BCUT2D eigenvalue weighted by atomic mass is 10.1. The summed E-state index contributed by atoms with van der Waals surface area (Å²) in [5, 5.41) is 6.91. The first-order valence-corrected chi connectivity index (χ1v) is 6.89. The van der Waals surface area contributed by atoms with Gasteiger partial charge < -0.3 is 5.32 Å². The molecule has 0 saturated carbocycles. The molecular weight excluding hydrogens is 276 g/mol. The third-order valence-corrected chi connectivity index (χ3v) is 3.18. The Morgan fingerprint density at radius 1 is 1.18 bits per heavy atom. The van der Waals surface area contributed by atoms with E-state index in [2.05, 4.69) is 21.5 Å². The second-order valence-corrected chi connectivity index (χ2v) is 5.12. The van der Waals surface area contributed by atoms with E-state index < -0.39 is 0 Å². The van der Waals surface area contributed by atoms with Crippen molar-refractivity contribution in [2.45, 2.75) is 13.8 Å². The van der Waals surface area contributed by atoms with Gasteiger partial charge in [-0.05, 0) is 38.1 Å². The maximum absolute atomic E-state index is 12.4. The molecule has 1 radical (unpaired) electrons. The molecule has 0 unspecified atom stereocenters. The summed E-state index contributed by atoms with van der Waals surface area (Å²) >= 11 is 0. The Labute approximate surface area is 128 Å². The molecule has 0 aliphatic heterocycles. The van der Waals surface area contributed by atoms with Gasteiger partial charge in [0.2, 0.25) is 0 Å². The number of hydrogen-bond acceptors (Lipinski definition) is 3. The van der Waals surface area contributed by atoms with Crippen molar-refractivity contribution in [3.8, 4) is 5.69 Å². The predicted octanol–water partition coefficient (Wildman–Crippen LogP) is 2.94. The van der Waals surface area contributed by atoms with Crippen LogP contribution in [0.4, 0.5) is 5.69 Å². The van der Waals surface area contributed by atoms with Crippen LogP contribution in [-0.2, 0) is 0 Å². The summed E-state index contributed by atoms with van der Waals surface area (Å²) in [5.41, 5.74) is 4.07. The van der Waals surface area contributed by atoms with E-state index in [0.29, 0.717) is 11.3 Å². The molecule has 1 amide bonds. The average Bonchev–Trinajstić information content (AvgIpc) is 3.00. The molecule has 3 aromatic rings. The number of benzene rings is 2. The smallest absolute Gasteiger partial charge is 0.255 e. The van der Waals surface area contributed by atoms with E-state index >= 15 is 0 Å². The lowest BCUT2D eigenvalue weighted by Gasteiger charge is -2.08. The number of rotatable bonds is 3. The van der Waals surface area contributed by atoms with Gasteiger partial charge >= 0.3 is 0 Å². The molecule has 22 heavy (non-hydrogen) atoms. The molecule has 3 rings (SSSR count). The summed E-state index contributed by atoms with van der Waals surface area (Å²) in [5.74, 6) is -0.154. The summed E-state index contributed by atoms with van der Waals surface area (Å²) in [7, 11) is 0. The van der Waals surface area contributed by atoms with Gasteiger partial charge in [0, 0.05) is 11.6 Å². The maximum atomic E-state index is 12.4. The van der Waals surface area contributed by atoms with Crippen molar-refractivity contribution in [2.75, 3.05) is 5.32 Å². The minimum atomic E-state index is -0.154. The predicted molar refractivity (Wildman–Crippen MR) is 84.1 cm³/mol. The van der Waals surface area contributed by atoms with E-state index in [0.717, 1.165) is 16.8 Å². The summed E-state index contributed by atoms with van der Waals surface area (Å²) in [6, 6.07) is 14.3. The van der Waals surface area contributed by atoms with Crippen molar-refractivity contribution in [3.63, 3.8) is 0 Å². The van der Waals surface area contributed by atoms with Crippen LogP contribution in [0.1, 0.15) is 21.5 Å². The Balaban J connectivity index is 1.84. The normalized spacial score (nSPS) is 10.5. The zero-order chi connectivity index (χ0) is 15.5. The average molecular weight is 291 g/mol. The Kier molecular flexibility index (Phi) is 3.70. The van der Waals surface area contributed by atoms with Crippen LogP contribution in [0.25, 0.3) is 5.69 Å². The standard InChI is InChI=1S/C17H15N4O/c1-12-6-13(2)8-14(7-12)17(22)20-15-4-3-5-16(9-15)21-11-18-10-19-21/h3-8,10-11H,1-2H3,(H,20,22). The van der Waals surface area contributed by atoms with Crippen LogP contribution in [0.15, 0.2) is 49.1 Å². The summed E-state index contributed by atoms with van der Waals surface area (Å²) in [4.78, 5) is 16.3. The van der Waals surface area contributed by atoms with E-state index in [1.54, 1.807) is 17.1 Å². The fourth-order valence-corrected chi connectivity index (χ4v) is 2.30. The number of hydrogen-bond donors (Lipinski definition) is 1. The molecule has 1 heterocycles. The minimum absolute atomic E-state index is 0.154. The highest BCUT2D eigenvalue weighted by Crippen LogP contribution is 2.15. The van der Waals surface area contributed by atoms with Gasteiger partial charge in [0.1, 0.15) is 12.7 Å². The number of anilines is 1. The minimum Gasteiger partial charge on any atom is -0.321 e. The van der Waals surface area contributed by atoms with Gasteiger partial charge in [-0.3, -0.25) is 4.79 Å². The lowest BCUT2D eigenvalue weighted by molar-refractivity contribution is 0.102. The van der Waals surface area contributed by atoms with Gasteiger partial charge in [-0.2, -0.15) is 5.10 Å². The fraction of sp³-hybridized carbons (Fsp3) is 0.118. The molecule has 0 fully saturated rings. The zero-order valence-corrected chi connectivity index (χ0v) is 12.4. The molecule has 0 bridgehead atoms. The van der Waals surface area contributed by atoms with Crippen molar-refractivity contribution in [3.05, 3.63) is 71.8 Å². The highest BCUT2D eigenvalue weighted by molar-refractivity contribution is 6.04. The molecule has 5 heteroatoms. The molecule has 0 aliphatic carbocycles. The molecule has 0 atom stereocenters. The molecule has 0 spiro atoms. The van der Waals surface area contributed by atoms with Crippen molar-refractivity contribution in [1.82, 2.24) is 14.8 Å².